The molecule has 0 saturated carbocycles. The average Bonchev–Trinajstić information content (AvgIpc) is 2.80. The van der Waals surface area contributed by atoms with Gasteiger partial charge in [0.25, 0.3) is 0 Å². The number of hydrogen-bond acceptors (Lipinski definition) is 12. The molecule has 0 bridgehead atoms. The largest absolute Gasteiger partial charge is 0.460 e. The molecule has 0 aliphatic rings. The summed E-state index contributed by atoms with van der Waals surface area (Å²) in [6.07, 6.45) is -0.393. The lowest BCUT2D eigenvalue weighted by atomic mass is 10.1. The summed E-state index contributed by atoms with van der Waals surface area (Å²) >= 11 is 0. The first-order chi connectivity index (χ1) is 18.6. The minimum Gasteiger partial charge on any atom is -0.460 e. The number of esters is 2. The quantitative estimate of drug-likeness (QED) is 0.0997. The molecule has 0 aliphatic heterocycles. The van der Waals surface area contributed by atoms with Gasteiger partial charge < -0.3 is 50.5 Å². The Labute approximate surface area is 237 Å². The maximum Gasteiger partial charge on any atom is 0.308 e. The molecule has 234 valence electrons. The number of nitrogens with one attached hydrogen (secondary N) is 2. The fourth-order valence-corrected chi connectivity index (χ4v) is 2.83. The van der Waals surface area contributed by atoms with Crippen molar-refractivity contribution in [2.75, 3.05) is 65.9 Å². The predicted molar refractivity (Wildman–Crippen MR) is 146 cm³/mol. The first-order valence-corrected chi connectivity index (χ1v) is 13.4. The van der Waals surface area contributed by atoms with Crippen LogP contribution in [0.5, 0.6) is 0 Å². The third-order valence-electron chi connectivity index (χ3n) is 4.49. The van der Waals surface area contributed by atoms with Gasteiger partial charge in [-0.15, -0.1) is 0 Å². The molecule has 0 rings (SSSR count). The third kappa shape index (κ3) is 23.5. The second-order valence-corrected chi connectivity index (χ2v) is 10.8. The molecule has 0 radical (unpaired) electrons. The van der Waals surface area contributed by atoms with Crippen molar-refractivity contribution in [2.24, 2.45) is 11.5 Å². The third-order valence-corrected chi connectivity index (χ3v) is 4.49. The van der Waals surface area contributed by atoms with Crippen LogP contribution in [0.25, 0.3) is 0 Å². The number of rotatable bonds is 21. The number of amides is 2. The smallest absolute Gasteiger partial charge is 0.308 e. The molecule has 40 heavy (non-hydrogen) atoms. The molecule has 14 heteroatoms. The monoisotopic (exact) mass is 578 g/mol. The molecule has 0 aromatic rings. The summed E-state index contributed by atoms with van der Waals surface area (Å²) in [7, 11) is 0. The van der Waals surface area contributed by atoms with Gasteiger partial charge in [-0.05, 0) is 41.5 Å². The lowest BCUT2D eigenvalue weighted by Crippen LogP contribution is -2.43. The summed E-state index contributed by atoms with van der Waals surface area (Å²) in [5.41, 5.74) is 10.2. The zero-order chi connectivity index (χ0) is 30.6. The van der Waals surface area contributed by atoms with Crippen molar-refractivity contribution in [1.82, 2.24) is 10.6 Å². The Bertz CT molecular complexity index is 691. The van der Waals surface area contributed by atoms with Crippen LogP contribution in [0.1, 0.15) is 54.4 Å². The molecule has 14 nitrogen and oxygen atoms in total. The maximum absolute atomic E-state index is 11.9. The molecule has 2 amide bonds. The summed E-state index contributed by atoms with van der Waals surface area (Å²) in [4.78, 5) is 47.3. The van der Waals surface area contributed by atoms with Gasteiger partial charge in [0.05, 0.1) is 77.8 Å². The number of carbonyl (C=O) groups is 4. The molecule has 0 heterocycles. The Morgan fingerprint density at radius 2 is 0.825 bits per heavy atom. The van der Waals surface area contributed by atoms with E-state index in [1.165, 1.54) is 0 Å². The van der Waals surface area contributed by atoms with Crippen LogP contribution < -0.4 is 22.1 Å². The van der Waals surface area contributed by atoms with Crippen LogP contribution in [-0.4, -0.2) is 113 Å². The van der Waals surface area contributed by atoms with Crippen LogP contribution in [0.3, 0.4) is 0 Å². The van der Waals surface area contributed by atoms with Crippen molar-refractivity contribution < 1.29 is 47.6 Å². The summed E-state index contributed by atoms with van der Waals surface area (Å²) in [5, 5.41) is 5.21. The van der Waals surface area contributed by atoms with Gasteiger partial charge in [-0.2, -0.15) is 0 Å². The number of carbonyl (C=O) groups excluding carboxylic acids is 4. The first kappa shape index (κ1) is 37.6. The Balaban J connectivity index is 3.54. The van der Waals surface area contributed by atoms with E-state index in [1.807, 2.05) is 0 Å². The summed E-state index contributed by atoms with van der Waals surface area (Å²) in [5.74, 6) is -1.95. The molecule has 0 aliphatic carbocycles. The van der Waals surface area contributed by atoms with Gasteiger partial charge >= 0.3 is 11.9 Å². The van der Waals surface area contributed by atoms with Crippen LogP contribution >= 0.6 is 0 Å². The maximum atomic E-state index is 11.9. The predicted octanol–water partition coefficient (Wildman–Crippen LogP) is -0.597. The van der Waals surface area contributed by atoms with Crippen molar-refractivity contribution in [3.05, 3.63) is 0 Å². The highest BCUT2D eigenvalue weighted by molar-refractivity contribution is 5.87. The van der Waals surface area contributed by atoms with Gasteiger partial charge in [0.2, 0.25) is 11.8 Å². The molecular formula is C26H50N4O10. The van der Waals surface area contributed by atoms with Gasteiger partial charge in [0.1, 0.15) is 11.2 Å². The Morgan fingerprint density at radius 1 is 0.550 bits per heavy atom. The van der Waals surface area contributed by atoms with Gasteiger partial charge in [-0.25, -0.2) is 0 Å². The Hall–Kier alpha value is -2.36. The average molecular weight is 579 g/mol. The standard InChI is InChI=1S/C26H50N4O10/c1-25(2,3)39-21(31)17-19(27)23(33)29-7-9-35-11-13-37-15-16-38-14-12-36-10-8-30-24(34)20(28)18-22(32)40-26(4,5)6/h19-20H,7-18,27-28H2,1-6H3,(H,29,33)(H,30,34)/t19-,20-/m0/s1. The van der Waals surface area contributed by atoms with Crippen molar-refractivity contribution in [3.63, 3.8) is 0 Å². The topological polar surface area (TPSA) is 200 Å². The minimum absolute atomic E-state index is 0.196. The molecule has 0 aromatic heterocycles. The Morgan fingerprint density at radius 3 is 1.10 bits per heavy atom. The van der Waals surface area contributed by atoms with E-state index >= 15 is 0 Å². The summed E-state index contributed by atoms with van der Waals surface area (Å²) in [6, 6.07) is -1.96. The highest BCUT2D eigenvalue weighted by Gasteiger charge is 2.23. The van der Waals surface area contributed by atoms with E-state index < -0.39 is 47.0 Å². The molecule has 0 fully saturated rings. The van der Waals surface area contributed by atoms with Crippen LogP contribution in [0.2, 0.25) is 0 Å². The van der Waals surface area contributed by atoms with Crippen LogP contribution in [0, 0.1) is 0 Å². The number of hydrogen-bond donors (Lipinski definition) is 4. The normalized spacial score (nSPS) is 13.3. The van der Waals surface area contributed by atoms with Gasteiger partial charge in [-0.3, -0.25) is 19.2 Å². The lowest BCUT2D eigenvalue weighted by molar-refractivity contribution is -0.157. The zero-order valence-electron chi connectivity index (χ0n) is 24.9. The summed E-state index contributed by atoms with van der Waals surface area (Å²) < 4.78 is 31.8. The van der Waals surface area contributed by atoms with E-state index in [2.05, 4.69) is 10.6 Å². The highest BCUT2D eigenvalue weighted by Crippen LogP contribution is 2.09. The number of nitrogens with two attached hydrogens (primary N) is 2. The van der Waals surface area contributed by atoms with Gasteiger partial charge in [0, 0.05) is 13.1 Å². The molecule has 2 atom stereocenters. The molecule has 0 spiro atoms. The molecule has 0 unspecified atom stereocenters. The molecular weight excluding hydrogens is 528 g/mol. The van der Waals surface area contributed by atoms with E-state index in [0.717, 1.165) is 0 Å². The van der Waals surface area contributed by atoms with E-state index in [9.17, 15) is 19.2 Å². The van der Waals surface area contributed by atoms with Crippen LogP contribution in [-0.2, 0) is 47.6 Å². The second-order valence-electron chi connectivity index (χ2n) is 10.8. The molecule has 0 aromatic carbocycles. The van der Waals surface area contributed by atoms with Crippen molar-refractivity contribution in [3.8, 4) is 0 Å². The fraction of sp³-hybridized carbons (Fsp3) is 0.846. The fourth-order valence-electron chi connectivity index (χ4n) is 2.83. The number of ether oxygens (including phenoxy) is 6. The van der Waals surface area contributed by atoms with Gasteiger partial charge in [0.15, 0.2) is 0 Å². The van der Waals surface area contributed by atoms with Crippen molar-refractivity contribution in [2.45, 2.75) is 77.7 Å². The molecule has 0 saturated heterocycles. The van der Waals surface area contributed by atoms with Gasteiger partial charge in [-0.1, -0.05) is 0 Å². The highest BCUT2D eigenvalue weighted by atomic mass is 16.6. The molecule has 6 N–H and O–H groups in total. The SMILES string of the molecule is CC(C)(C)OC(=O)C[C@H](N)C(=O)NCCOCCOCCOCCOCCNC(=O)[C@@H](N)CC(=O)OC(C)(C)C. The van der Waals surface area contributed by atoms with E-state index in [0.29, 0.717) is 39.6 Å². The summed E-state index contributed by atoms with van der Waals surface area (Å²) in [6.45, 7) is 13.7. The van der Waals surface area contributed by atoms with Crippen molar-refractivity contribution in [1.29, 1.82) is 0 Å². The van der Waals surface area contributed by atoms with E-state index in [-0.39, 0.29) is 39.1 Å². The second kappa shape index (κ2) is 20.5. The van der Waals surface area contributed by atoms with Crippen LogP contribution in [0.15, 0.2) is 0 Å². The first-order valence-electron chi connectivity index (χ1n) is 13.4. The van der Waals surface area contributed by atoms with E-state index in [1.54, 1.807) is 41.5 Å². The lowest BCUT2D eigenvalue weighted by Gasteiger charge is -2.20. The van der Waals surface area contributed by atoms with Crippen molar-refractivity contribution >= 4 is 23.8 Å². The zero-order valence-corrected chi connectivity index (χ0v) is 24.9. The Kier molecular flexibility index (Phi) is 19.3. The van der Waals surface area contributed by atoms with Crippen LogP contribution in [0.4, 0.5) is 0 Å². The van der Waals surface area contributed by atoms with E-state index in [4.69, 9.17) is 39.9 Å². The minimum atomic E-state index is -0.981.